The number of sulfone groups is 1. The fourth-order valence-electron chi connectivity index (χ4n) is 3.11. The largest absolute Gasteiger partial charge is 0.331 e. The fraction of sp³-hybridized carbons (Fsp3) is 0.588. The molecule has 2 atom stereocenters. The number of carbonyl (C=O) groups excluding carboxylic acids is 1. The average molecular weight is 356 g/mol. The highest BCUT2D eigenvalue weighted by Gasteiger charge is 2.34. The minimum atomic E-state index is -3.05. The van der Waals surface area contributed by atoms with Crippen molar-refractivity contribution in [1.82, 2.24) is 10.2 Å². The third kappa shape index (κ3) is 4.47. The Morgan fingerprint density at radius 1 is 1.33 bits per heavy atom. The van der Waals surface area contributed by atoms with Crippen LogP contribution in [0.25, 0.3) is 0 Å². The maximum Gasteiger partial charge on any atom is 0.318 e. The third-order valence-electron chi connectivity index (χ3n) is 4.43. The van der Waals surface area contributed by atoms with Gasteiger partial charge in [0.25, 0.3) is 0 Å². The Labute approximate surface area is 143 Å². The number of nitrogens with zero attached hydrogens (tertiary/aromatic N) is 1. The van der Waals surface area contributed by atoms with Gasteiger partial charge >= 0.3 is 6.03 Å². The molecule has 0 radical (unpaired) electrons. The molecule has 0 saturated carbocycles. The van der Waals surface area contributed by atoms with Crippen LogP contribution in [0.3, 0.4) is 0 Å². The quantitative estimate of drug-likeness (QED) is 0.882. The molecule has 1 saturated heterocycles. The van der Waals surface area contributed by atoms with Gasteiger partial charge < -0.3 is 10.2 Å². The lowest BCUT2D eigenvalue weighted by Crippen LogP contribution is -2.48. The van der Waals surface area contributed by atoms with Gasteiger partial charge in [-0.25, -0.2) is 17.6 Å². The molecule has 1 aromatic rings. The molecule has 1 aliphatic rings. The molecule has 134 valence electrons. The Balaban J connectivity index is 2.13. The van der Waals surface area contributed by atoms with Crippen molar-refractivity contribution in [3.63, 3.8) is 0 Å². The predicted octanol–water partition coefficient (Wildman–Crippen LogP) is 2.74. The van der Waals surface area contributed by atoms with Gasteiger partial charge in [0.05, 0.1) is 17.5 Å². The average Bonchev–Trinajstić information content (AvgIpc) is 2.86. The summed E-state index contributed by atoms with van der Waals surface area (Å²) in [6, 6.07) is 5.26. The summed E-state index contributed by atoms with van der Waals surface area (Å²) >= 11 is 0. The Hall–Kier alpha value is -1.63. The van der Waals surface area contributed by atoms with Gasteiger partial charge in [-0.15, -0.1) is 0 Å². The van der Waals surface area contributed by atoms with E-state index in [0.29, 0.717) is 13.0 Å². The highest BCUT2D eigenvalue weighted by Crippen LogP contribution is 2.24. The van der Waals surface area contributed by atoms with E-state index < -0.39 is 9.84 Å². The van der Waals surface area contributed by atoms with Crippen LogP contribution in [0.2, 0.25) is 0 Å². The lowest BCUT2D eigenvalue weighted by Gasteiger charge is -2.31. The summed E-state index contributed by atoms with van der Waals surface area (Å²) in [5, 5.41) is 2.98. The van der Waals surface area contributed by atoms with Gasteiger partial charge in [-0.2, -0.15) is 0 Å². The first-order chi connectivity index (χ1) is 11.2. The van der Waals surface area contributed by atoms with Crippen LogP contribution in [0.4, 0.5) is 9.18 Å². The van der Waals surface area contributed by atoms with Gasteiger partial charge in [0.2, 0.25) is 0 Å². The van der Waals surface area contributed by atoms with Crippen LogP contribution in [0.1, 0.15) is 38.8 Å². The molecule has 1 N–H and O–H groups in total. The standard InChI is InChI=1S/C17H25FN2O3S/c1-4-20(15-9-10-24(22,23)11-15)17(21)19-16(12(2)3)13-5-7-14(18)8-6-13/h5-8,12,15-16H,4,9-11H2,1-3H3,(H,19,21). The van der Waals surface area contributed by atoms with E-state index in [4.69, 9.17) is 0 Å². The number of hydrogen-bond donors (Lipinski definition) is 1. The molecule has 1 aliphatic heterocycles. The van der Waals surface area contributed by atoms with Crippen LogP contribution in [-0.2, 0) is 9.84 Å². The number of amides is 2. The van der Waals surface area contributed by atoms with Crippen LogP contribution in [0.15, 0.2) is 24.3 Å². The number of benzene rings is 1. The SMILES string of the molecule is CCN(C(=O)NC(c1ccc(F)cc1)C(C)C)C1CCS(=O)(=O)C1. The summed E-state index contributed by atoms with van der Waals surface area (Å²) < 4.78 is 36.5. The smallest absolute Gasteiger partial charge is 0.318 e. The zero-order valence-corrected chi connectivity index (χ0v) is 15.1. The highest BCUT2D eigenvalue weighted by atomic mass is 32.2. The maximum atomic E-state index is 13.1. The molecular weight excluding hydrogens is 331 g/mol. The number of carbonyl (C=O) groups is 1. The Morgan fingerprint density at radius 2 is 1.96 bits per heavy atom. The predicted molar refractivity (Wildman–Crippen MR) is 91.9 cm³/mol. The highest BCUT2D eigenvalue weighted by molar-refractivity contribution is 7.91. The van der Waals surface area contributed by atoms with E-state index in [-0.39, 0.29) is 41.4 Å². The van der Waals surface area contributed by atoms with Crippen LogP contribution < -0.4 is 5.32 Å². The Bertz CT molecular complexity index is 674. The molecule has 1 aromatic carbocycles. The second kappa shape index (κ2) is 7.51. The maximum absolute atomic E-state index is 13.1. The molecule has 0 spiro atoms. The minimum absolute atomic E-state index is 0.0250. The van der Waals surface area contributed by atoms with E-state index in [1.807, 2.05) is 20.8 Å². The van der Waals surface area contributed by atoms with Crippen molar-refractivity contribution in [2.75, 3.05) is 18.1 Å². The van der Waals surface area contributed by atoms with Crippen LogP contribution in [-0.4, -0.2) is 43.4 Å². The molecule has 2 amide bonds. The summed E-state index contributed by atoms with van der Waals surface area (Å²) in [6.45, 7) is 6.24. The van der Waals surface area contributed by atoms with E-state index in [2.05, 4.69) is 5.32 Å². The van der Waals surface area contributed by atoms with Crippen LogP contribution >= 0.6 is 0 Å². The molecule has 7 heteroatoms. The molecule has 0 aromatic heterocycles. The number of nitrogens with one attached hydrogen (secondary N) is 1. The molecule has 2 rings (SSSR count). The Morgan fingerprint density at radius 3 is 2.42 bits per heavy atom. The second-order valence-corrected chi connectivity index (χ2v) is 8.79. The fourth-order valence-corrected chi connectivity index (χ4v) is 4.84. The molecule has 2 unspecified atom stereocenters. The summed E-state index contributed by atoms with van der Waals surface area (Å²) in [7, 11) is -3.05. The van der Waals surface area contributed by atoms with Gasteiger partial charge in [0.1, 0.15) is 5.82 Å². The van der Waals surface area contributed by atoms with Crippen molar-refractivity contribution >= 4 is 15.9 Å². The van der Waals surface area contributed by atoms with Gasteiger partial charge in [-0.1, -0.05) is 26.0 Å². The first-order valence-corrected chi connectivity index (χ1v) is 10.1. The van der Waals surface area contributed by atoms with Crippen molar-refractivity contribution in [2.24, 2.45) is 5.92 Å². The van der Waals surface area contributed by atoms with Gasteiger partial charge in [0.15, 0.2) is 9.84 Å². The minimum Gasteiger partial charge on any atom is -0.331 e. The number of urea groups is 1. The lowest BCUT2D eigenvalue weighted by atomic mass is 9.96. The van der Waals surface area contributed by atoms with Gasteiger partial charge in [-0.3, -0.25) is 0 Å². The summed E-state index contributed by atoms with van der Waals surface area (Å²) in [5.74, 6) is -0.0474. The van der Waals surface area contributed by atoms with E-state index in [1.165, 1.54) is 12.1 Å². The molecule has 5 nitrogen and oxygen atoms in total. The molecule has 0 bridgehead atoms. The lowest BCUT2D eigenvalue weighted by molar-refractivity contribution is 0.176. The van der Waals surface area contributed by atoms with E-state index in [1.54, 1.807) is 17.0 Å². The second-order valence-electron chi connectivity index (χ2n) is 6.57. The Kier molecular flexibility index (Phi) is 5.85. The topological polar surface area (TPSA) is 66.5 Å². The molecule has 0 aliphatic carbocycles. The van der Waals surface area contributed by atoms with Crippen molar-refractivity contribution in [2.45, 2.75) is 39.3 Å². The summed E-state index contributed by atoms with van der Waals surface area (Å²) in [4.78, 5) is 14.3. The van der Waals surface area contributed by atoms with E-state index in [9.17, 15) is 17.6 Å². The molecule has 24 heavy (non-hydrogen) atoms. The summed E-state index contributed by atoms with van der Waals surface area (Å²) in [6.07, 6.45) is 0.479. The summed E-state index contributed by atoms with van der Waals surface area (Å²) in [5.41, 5.74) is 0.829. The first-order valence-electron chi connectivity index (χ1n) is 8.26. The third-order valence-corrected chi connectivity index (χ3v) is 6.18. The van der Waals surface area contributed by atoms with Crippen molar-refractivity contribution in [3.8, 4) is 0 Å². The van der Waals surface area contributed by atoms with Crippen LogP contribution in [0.5, 0.6) is 0 Å². The van der Waals surface area contributed by atoms with Crippen molar-refractivity contribution in [3.05, 3.63) is 35.6 Å². The molecule has 1 fully saturated rings. The number of hydrogen-bond acceptors (Lipinski definition) is 3. The zero-order chi connectivity index (χ0) is 17.9. The zero-order valence-electron chi connectivity index (χ0n) is 14.3. The van der Waals surface area contributed by atoms with E-state index >= 15 is 0 Å². The number of rotatable bonds is 5. The first kappa shape index (κ1) is 18.7. The normalized spacial score (nSPS) is 20.8. The number of halogens is 1. The molecular formula is C17H25FN2O3S. The molecule has 1 heterocycles. The van der Waals surface area contributed by atoms with Gasteiger partial charge in [-0.05, 0) is 37.0 Å². The van der Waals surface area contributed by atoms with Crippen molar-refractivity contribution in [1.29, 1.82) is 0 Å². The van der Waals surface area contributed by atoms with Gasteiger partial charge in [0, 0.05) is 12.6 Å². The monoisotopic (exact) mass is 356 g/mol. The van der Waals surface area contributed by atoms with E-state index in [0.717, 1.165) is 5.56 Å². The van der Waals surface area contributed by atoms with Crippen molar-refractivity contribution < 1.29 is 17.6 Å². The van der Waals surface area contributed by atoms with Crippen LogP contribution in [0, 0.1) is 11.7 Å².